The molecule has 66 valence electrons. The summed E-state index contributed by atoms with van der Waals surface area (Å²) in [7, 11) is 1.57. The van der Waals surface area contributed by atoms with Gasteiger partial charge in [0, 0.05) is 7.05 Å². The first-order chi connectivity index (χ1) is 5.65. The zero-order valence-electron chi connectivity index (χ0n) is 6.54. The minimum absolute atomic E-state index is 0.127. The van der Waals surface area contributed by atoms with Crippen molar-refractivity contribution in [3.05, 3.63) is 10.7 Å². The van der Waals surface area contributed by atoms with Crippen molar-refractivity contribution in [3.63, 3.8) is 0 Å². The van der Waals surface area contributed by atoms with Gasteiger partial charge in [0.1, 0.15) is 12.4 Å². The summed E-state index contributed by atoms with van der Waals surface area (Å²) in [4.78, 5) is 10.9. The van der Waals surface area contributed by atoms with Crippen LogP contribution in [0.1, 0.15) is 0 Å². The summed E-state index contributed by atoms with van der Waals surface area (Å²) in [6, 6.07) is 0. The van der Waals surface area contributed by atoms with Crippen LogP contribution in [-0.4, -0.2) is 22.7 Å². The maximum atomic E-state index is 10.9. The van der Waals surface area contributed by atoms with Gasteiger partial charge >= 0.3 is 0 Å². The van der Waals surface area contributed by atoms with Gasteiger partial charge < -0.3 is 11.1 Å². The summed E-state index contributed by atoms with van der Waals surface area (Å²) in [6.07, 6.45) is 1.55. The number of hydrogen-bond donors (Lipinski definition) is 2. The van der Waals surface area contributed by atoms with Crippen LogP contribution >= 0.6 is 15.9 Å². The Morgan fingerprint density at radius 2 is 2.58 bits per heavy atom. The van der Waals surface area contributed by atoms with Gasteiger partial charge in [0.2, 0.25) is 5.91 Å². The van der Waals surface area contributed by atoms with Gasteiger partial charge in [-0.1, -0.05) is 0 Å². The highest BCUT2D eigenvalue weighted by Gasteiger charge is 2.06. The Labute approximate surface area is 78.1 Å². The summed E-state index contributed by atoms with van der Waals surface area (Å²) < 4.78 is 2.12. The minimum Gasteiger partial charge on any atom is -0.383 e. The number of hydrogen-bond acceptors (Lipinski definition) is 3. The second-order valence-electron chi connectivity index (χ2n) is 2.21. The number of nitrogens with zero attached hydrogens (tertiary/aromatic N) is 2. The molecule has 0 aliphatic rings. The molecule has 0 saturated carbocycles. The number of halogens is 1. The van der Waals surface area contributed by atoms with Crippen LogP contribution in [0.25, 0.3) is 0 Å². The largest absolute Gasteiger partial charge is 0.383 e. The molecule has 0 unspecified atom stereocenters. The maximum absolute atomic E-state index is 10.9. The van der Waals surface area contributed by atoms with Gasteiger partial charge in [-0.15, -0.1) is 0 Å². The third-order valence-electron chi connectivity index (χ3n) is 1.41. The standard InChI is InChI=1S/C6H9BrN4O/c1-9-5(12)3-11-6(8)4(7)2-10-11/h2H,3,8H2,1H3,(H,9,12). The van der Waals surface area contributed by atoms with Crippen LogP contribution in [0.3, 0.4) is 0 Å². The fourth-order valence-electron chi connectivity index (χ4n) is 0.713. The predicted molar refractivity (Wildman–Crippen MR) is 48.4 cm³/mol. The molecule has 0 radical (unpaired) electrons. The van der Waals surface area contributed by atoms with Crippen molar-refractivity contribution in [1.82, 2.24) is 15.1 Å². The lowest BCUT2D eigenvalue weighted by atomic mass is 10.5. The van der Waals surface area contributed by atoms with Crippen LogP contribution < -0.4 is 11.1 Å². The number of nitrogen functional groups attached to an aromatic ring is 1. The van der Waals surface area contributed by atoms with E-state index >= 15 is 0 Å². The van der Waals surface area contributed by atoms with E-state index in [9.17, 15) is 4.79 Å². The molecule has 12 heavy (non-hydrogen) atoms. The predicted octanol–water partition coefficient (Wildman–Crippen LogP) is -0.0262. The average molecular weight is 233 g/mol. The van der Waals surface area contributed by atoms with E-state index in [0.717, 1.165) is 0 Å². The van der Waals surface area contributed by atoms with Gasteiger partial charge in [-0.25, -0.2) is 4.68 Å². The number of likely N-dealkylation sites (N-methyl/N-ethyl adjacent to an activating group) is 1. The second-order valence-corrected chi connectivity index (χ2v) is 3.06. The van der Waals surface area contributed by atoms with E-state index in [-0.39, 0.29) is 12.5 Å². The molecule has 1 aromatic heterocycles. The van der Waals surface area contributed by atoms with Gasteiger partial charge in [0.15, 0.2) is 0 Å². The topological polar surface area (TPSA) is 72.9 Å². The molecule has 0 fully saturated rings. The molecular formula is C6H9BrN4O. The molecule has 1 heterocycles. The van der Waals surface area contributed by atoms with E-state index < -0.39 is 0 Å². The summed E-state index contributed by atoms with van der Waals surface area (Å²) in [5, 5.41) is 6.37. The number of nitrogens with two attached hydrogens (primary N) is 1. The average Bonchev–Trinajstić information content (AvgIpc) is 2.36. The van der Waals surface area contributed by atoms with Crippen molar-refractivity contribution in [3.8, 4) is 0 Å². The molecule has 1 rings (SSSR count). The Morgan fingerprint density at radius 1 is 1.92 bits per heavy atom. The minimum atomic E-state index is -0.127. The number of amides is 1. The number of rotatable bonds is 2. The Kier molecular flexibility index (Phi) is 2.69. The number of carbonyl (C=O) groups excluding carboxylic acids is 1. The lowest BCUT2D eigenvalue weighted by Crippen LogP contribution is -2.24. The van der Waals surface area contributed by atoms with Crippen molar-refractivity contribution in [1.29, 1.82) is 0 Å². The maximum Gasteiger partial charge on any atom is 0.241 e. The monoisotopic (exact) mass is 232 g/mol. The van der Waals surface area contributed by atoms with Crippen LogP contribution in [0.5, 0.6) is 0 Å². The first-order valence-corrected chi connectivity index (χ1v) is 4.12. The normalized spacial score (nSPS) is 9.83. The first-order valence-electron chi connectivity index (χ1n) is 3.32. The fraction of sp³-hybridized carbons (Fsp3) is 0.333. The molecule has 1 amide bonds. The number of carbonyl (C=O) groups is 1. The quantitative estimate of drug-likeness (QED) is 0.753. The summed E-state index contributed by atoms with van der Waals surface area (Å²) in [5.41, 5.74) is 5.58. The van der Waals surface area contributed by atoms with Crippen molar-refractivity contribution in [2.75, 3.05) is 12.8 Å². The zero-order valence-corrected chi connectivity index (χ0v) is 8.13. The van der Waals surface area contributed by atoms with E-state index in [4.69, 9.17) is 5.73 Å². The number of nitrogens with one attached hydrogen (secondary N) is 1. The molecule has 0 aromatic carbocycles. The van der Waals surface area contributed by atoms with Crippen LogP contribution in [0.2, 0.25) is 0 Å². The van der Waals surface area contributed by atoms with Crippen LogP contribution in [0.4, 0.5) is 5.82 Å². The number of anilines is 1. The molecule has 5 nitrogen and oxygen atoms in total. The van der Waals surface area contributed by atoms with Crippen LogP contribution in [0.15, 0.2) is 10.7 Å². The lowest BCUT2D eigenvalue weighted by Gasteiger charge is -2.01. The molecule has 3 N–H and O–H groups in total. The lowest BCUT2D eigenvalue weighted by molar-refractivity contribution is -0.121. The van der Waals surface area contributed by atoms with Gasteiger partial charge in [0.25, 0.3) is 0 Å². The van der Waals surface area contributed by atoms with Gasteiger partial charge in [0.05, 0.1) is 10.7 Å². The zero-order chi connectivity index (χ0) is 9.14. The van der Waals surface area contributed by atoms with E-state index in [1.807, 2.05) is 0 Å². The molecule has 0 bridgehead atoms. The molecular weight excluding hydrogens is 224 g/mol. The highest BCUT2D eigenvalue weighted by Crippen LogP contribution is 2.17. The number of aromatic nitrogens is 2. The molecule has 6 heteroatoms. The second kappa shape index (κ2) is 3.57. The van der Waals surface area contributed by atoms with Crippen molar-refractivity contribution < 1.29 is 4.79 Å². The summed E-state index contributed by atoms with van der Waals surface area (Å²) >= 11 is 3.19. The highest BCUT2D eigenvalue weighted by molar-refractivity contribution is 9.10. The summed E-state index contributed by atoms with van der Waals surface area (Å²) in [5.74, 6) is 0.330. The third kappa shape index (κ3) is 1.76. The Bertz CT molecular complexity index is 296. The highest BCUT2D eigenvalue weighted by atomic mass is 79.9. The van der Waals surface area contributed by atoms with Crippen molar-refractivity contribution in [2.24, 2.45) is 0 Å². The molecule has 0 aliphatic heterocycles. The molecule has 0 spiro atoms. The smallest absolute Gasteiger partial charge is 0.241 e. The van der Waals surface area contributed by atoms with E-state index in [0.29, 0.717) is 10.3 Å². The first kappa shape index (κ1) is 9.05. The SMILES string of the molecule is CNC(=O)Cn1ncc(Br)c1N. The van der Waals surface area contributed by atoms with E-state index in [1.54, 1.807) is 13.2 Å². The van der Waals surface area contributed by atoms with E-state index in [1.165, 1.54) is 4.68 Å². The Balaban J connectivity index is 2.76. The van der Waals surface area contributed by atoms with E-state index in [2.05, 4.69) is 26.3 Å². The van der Waals surface area contributed by atoms with Gasteiger partial charge in [-0.3, -0.25) is 4.79 Å². The molecule has 1 aromatic rings. The van der Waals surface area contributed by atoms with Crippen LogP contribution in [0, 0.1) is 0 Å². The Morgan fingerprint density at radius 3 is 3.00 bits per heavy atom. The Hall–Kier alpha value is -1.04. The van der Waals surface area contributed by atoms with Gasteiger partial charge in [-0.2, -0.15) is 5.10 Å². The van der Waals surface area contributed by atoms with Crippen LogP contribution in [-0.2, 0) is 11.3 Å². The molecule has 0 atom stereocenters. The fourth-order valence-corrected chi connectivity index (χ4v) is 1.01. The third-order valence-corrected chi connectivity index (χ3v) is 2.02. The summed E-state index contributed by atoms with van der Waals surface area (Å²) in [6.45, 7) is 0.147. The van der Waals surface area contributed by atoms with Crippen molar-refractivity contribution in [2.45, 2.75) is 6.54 Å². The van der Waals surface area contributed by atoms with Crippen molar-refractivity contribution >= 4 is 27.7 Å². The molecule has 0 saturated heterocycles. The van der Waals surface area contributed by atoms with Gasteiger partial charge in [-0.05, 0) is 15.9 Å². The molecule has 0 aliphatic carbocycles.